The molecule has 1 atom stereocenters. The summed E-state index contributed by atoms with van der Waals surface area (Å²) in [6.07, 6.45) is 2.77. The van der Waals surface area contributed by atoms with Gasteiger partial charge in [0.05, 0.1) is 45.2 Å². The van der Waals surface area contributed by atoms with Crippen LogP contribution in [0, 0.1) is 5.82 Å². The Balaban J connectivity index is 1.66. The van der Waals surface area contributed by atoms with E-state index in [-0.39, 0.29) is 11.9 Å². The third kappa shape index (κ3) is 4.81. The maximum absolute atomic E-state index is 13.1. The molecule has 1 aromatic heterocycles. The molecule has 1 aromatic carbocycles. The van der Waals surface area contributed by atoms with Gasteiger partial charge in [0.25, 0.3) is 0 Å². The molecule has 8 heteroatoms. The van der Waals surface area contributed by atoms with Gasteiger partial charge in [-0.15, -0.1) is 0 Å². The van der Waals surface area contributed by atoms with Crippen LogP contribution in [0.25, 0.3) is 0 Å². The normalized spacial score (nSPS) is 17.6. The van der Waals surface area contributed by atoms with E-state index in [9.17, 15) is 12.8 Å². The average Bonchev–Trinajstić information content (AvgIpc) is 3.10. The predicted molar refractivity (Wildman–Crippen MR) is 93.6 cm³/mol. The number of furan rings is 1. The minimum absolute atomic E-state index is 0.0694. The molecule has 2 aromatic rings. The van der Waals surface area contributed by atoms with Gasteiger partial charge in [0.1, 0.15) is 5.82 Å². The molecule has 0 bridgehead atoms. The Morgan fingerprint density at radius 1 is 1.24 bits per heavy atom. The van der Waals surface area contributed by atoms with E-state index >= 15 is 0 Å². The van der Waals surface area contributed by atoms with Crippen molar-refractivity contribution >= 4 is 15.7 Å². The number of rotatable bonds is 6. The SMILES string of the molecule is CS(=O)(=O)NC[C@@H](c1ccco1)[NH+]1CCN(c2ccc(F)cc2)CC1. The summed E-state index contributed by atoms with van der Waals surface area (Å²) in [5.74, 6) is 0.541. The molecule has 0 saturated carbocycles. The van der Waals surface area contributed by atoms with Gasteiger partial charge in [-0.2, -0.15) is 0 Å². The first-order valence-electron chi connectivity index (χ1n) is 8.25. The zero-order valence-electron chi connectivity index (χ0n) is 14.1. The van der Waals surface area contributed by atoms with Gasteiger partial charge >= 0.3 is 0 Å². The quantitative estimate of drug-likeness (QED) is 0.775. The summed E-state index contributed by atoms with van der Waals surface area (Å²) in [6, 6.07) is 10.1. The number of anilines is 1. The standard InChI is InChI=1S/C17H22FN3O3S/c1-25(22,23)19-13-16(17-3-2-12-24-17)21-10-8-20(9-11-21)15-6-4-14(18)5-7-15/h2-7,12,16,19H,8-11,13H2,1H3/p+1/t16-/m0/s1. The van der Waals surface area contributed by atoms with Crippen LogP contribution in [0.1, 0.15) is 11.8 Å². The Labute approximate surface area is 147 Å². The number of piperazine rings is 1. The number of quaternary nitrogens is 1. The third-order valence-corrected chi connectivity index (χ3v) is 5.22. The topological polar surface area (TPSA) is 67.0 Å². The molecule has 0 unspecified atom stereocenters. The minimum Gasteiger partial charge on any atom is -0.463 e. The van der Waals surface area contributed by atoms with Crippen molar-refractivity contribution in [3.8, 4) is 0 Å². The van der Waals surface area contributed by atoms with Crippen molar-refractivity contribution in [1.82, 2.24) is 4.72 Å². The highest BCUT2D eigenvalue weighted by Gasteiger charge is 2.31. The molecule has 1 fully saturated rings. The van der Waals surface area contributed by atoms with Crippen molar-refractivity contribution < 1.29 is 22.1 Å². The van der Waals surface area contributed by atoms with Crippen LogP contribution in [-0.4, -0.2) is 47.4 Å². The Bertz CT molecular complexity index is 770. The Hall–Kier alpha value is -1.90. The lowest BCUT2D eigenvalue weighted by Crippen LogP contribution is -3.15. The molecular formula is C17H23FN3O3S+. The lowest BCUT2D eigenvalue weighted by atomic mass is 10.1. The molecule has 0 aliphatic carbocycles. The first-order chi connectivity index (χ1) is 11.9. The van der Waals surface area contributed by atoms with Gasteiger partial charge in [-0.3, -0.25) is 0 Å². The van der Waals surface area contributed by atoms with Crippen LogP contribution in [-0.2, 0) is 10.0 Å². The van der Waals surface area contributed by atoms with E-state index in [0.717, 1.165) is 43.9 Å². The fourth-order valence-corrected chi connectivity index (χ4v) is 3.69. The molecular weight excluding hydrogens is 345 g/mol. The van der Waals surface area contributed by atoms with E-state index in [4.69, 9.17) is 4.42 Å². The Morgan fingerprint density at radius 3 is 2.48 bits per heavy atom. The van der Waals surface area contributed by atoms with Gasteiger partial charge in [-0.05, 0) is 36.4 Å². The summed E-state index contributed by atoms with van der Waals surface area (Å²) in [5.41, 5.74) is 1.00. The zero-order valence-corrected chi connectivity index (χ0v) is 14.9. The second-order valence-corrected chi connectivity index (χ2v) is 8.14. The summed E-state index contributed by atoms with van der Waals surface area (Å²) < 4.78 is 44.1. The summed E-state index contributed by atoms with van der Waals surface area (Å²) in [5, 5.41) is 0. The molecule has 2 N–H and O–H groups in total. The molecule has 0 radical (unpaired) electrons. The number of nitrogens with zero attached hydrogens (tertiary/aromatic N) is 1. The molecule has 0 amide bonds. The van der Waals surface area contributed by atoms with Gasteiger partial charge in [0.2, 0.25) is 10.0 Å². The van der Waals surface area contributed by atoms with E-state index in [1.165, 1.54) is 17.0 Å². The van der Waals surface area contributed by atoms with Crippen LogP contribution in [0.4, 0.5) is 10.1 Å². The van der Waals surface area contributed by atoms with Crippen LogP contribution in [0.2, 0.25) is 0 Å². The lowest BCUT2D eigenvalue weighted by Gasteiger charge is -2.37. The predicted octanol–water partition coefficient (Wildman–Crippen LogP) is 0.414. The first kappa shape index (κ1) is 17.9. The second-order valence-electron chi connectivity index (χ2n) is 6.31. The summed E-state index contributed by atoms with van der Waals surface area (Å²) in [4.78, 5) is 3.48. The fraction of sp³-hybridized carbons (Fsp3) is 0.412. The van der Waals surface area contributed by atoms with Crippen molar-refractivity contribution in [1.29, 1.82) is 0 Å². The molecule has 1 saturated heterocycles. The summed E-state index contributed by atoms with van der Waals surface area (Å²) >= 11 is 0. The van der Waals surface area contributed by atoms with Crippen LogP contribution < -0.4 is 14.5 Å². The first-order valence-corrected chi connectivity index (χ1v) is 10.1. The lowest BCUT2D eigenvalue weighted by molar-refractivity contribution is -0.931. The molecule has 136 valence electrons. The van der Waals surface area contributed by atoms with E-state index in [0.29, 0.717) is 6.54 Å². The number of sulfonamides is 1. The minimum atomic E-state index is -3.26. The monoisotopic (exact) mass is 368 g/mol. The second kappa shape index (κ2) is 7.55. The zero-order chi connectivity index (χ0) is 17.9. The molecule has 25 heavy (non-hydrogen) atoms. The van der Waals surface area contributed by atoms with Crippen LogP contribution in [0.5, 0.6) is 0 Å². The number of hydrogen-bond acceptors (Lipinski definition) is 4. The molecule has 6 nitrogen and oxygen atoms in total. The van der Waals surface area contributed by atoms with Gasteiger partial charge in [0.15, 0.2) is 11.8 Å². The molecule has 0 spiro atoms. The van der Waals surface area contributed by atoms with E-state index < -0.39 is 10.0 Å². The molecule has 3 rings (SSSR count). The number of hydrogen-bond donors (Lipinski definition) is 2. The molecule has 1 aliphatic heterocycles. The Morgan fingerprint density at radius 2 is 1.92 bits per heavy atom. The highest BCUT2D eigenvalue weighted by atomic mass is 32.2. The van der Waals surface area contributed by atoms with Crippen molar-refractivity contribution in [3.05, 3.63) is 54.2 Å². The van der Waals surface area contributed by atoms with E-state index in [1.807, 2.05) is 12.1 Å². The van der Waals surface area contributed by atoms with Crippen LogP contribution in [0.15, 0.2) is 47.1 Å². The summed E-state index contributed by atoms with van der Waals surface area (Å²) in [6.45, 7) is 3.62. The number of halogens is 1. The number of benzene rings is 1. The van der Waals surface area contributed by atoms with Crippen molar-refractivity contribution in [2.24, 2.45) is 0 Å². The fourth-order valence-electron chi connectivity index (χ4n) is 3.22. The van der Waals surface area contributed by atoms with Crippen molar-refractivity contribution in [2.75, 3.05) is 43.9 Å². The van der Waals surface area contributed by atoms with Crippen LogP contribution in [0.3, 0.4) is 0 Å². The van der Waals surface area contributed by atoms with Crippen LogP contribution >= 0.6 is 0 Å². The van der Waals surface area contributed by atoms with E-state index in [2.05, 4.69) is 9.62 Å². The highest BCUT2D eigenvalue weighted by Crippen LogP contribution is 2.16. The molecule has 2 heterocycles. The molecule has 1 aliphatic rings. The average molecular weight is 368 g/mol. The van der Waals surface area contributed by atoms with Crippen molar-refractivity contribution in [2.45, 2.75) is 6.04 Å². The summed E-state index contributed by atoms with van der Waals surface area (Å²) in [7, 11) is -3.26. The van der Waals surface area contributed by atoms with Gasteiger partial charge in [-0.25, -0.2) is 17.5 Å². The van der Waals surface area contributed by atoms with E-state index in [1.54, 1.807) is 18.4 Å². The Kier molecular flexibility index (Phi) is 5.41. The maximum atomic E-state index is 13.1. The maximum Gasteiger partial charge on any atom is 0.208 e. The smallest absolute Gasteiger partial charge is 0.208 e. The van der Waals surface area contributed by atoms with Crippen molar-refractivity contribution in [3.63, 3.8) is 0 Å². The van der Waals surface area contributed by atoms with Gasteiger partial charge in [0, 0.05) is 5.69 Å². The largest absolute Gasteiger partial charge is 0.463 e. The number of nitrogens with one attached hydrogen (secondary N) is 2. The highest BCUT2D eigenvalue weighted by molar-refractivity contribution is 7.88. The third-order valence-electron chi connectivity index (χ3n) is 4.53. The van der Waals surface area contributed by atoms with Gasteiger partial charge < -0.3 is 14.2 Å². The van der Waals surface area contributed by atoms with Gasteiger partial charge in [-0.1, -0.05) is 0 Å².